The van der Waals surface area contributed by atoms with Crippen LogP contribution in [0.4, 0.5) is 5.69 Å². The predicted molar refractivity (Wildman–Crippen MR) is 107 cm³/mol. The second-order valence-electron chi connectivity index (χ2n) is 6.45. The smallest absolute Gasteiger partial charge is 0.331 e. The van der Waals surface area contributed by atoms with Gasteiger partial charge in [0.05, 0.1) is 7.11 Å². The van der Waals surface area contributed by atoms with Gasteiger partial charge in [-0.1, -0.05) is 38.1 Å². The predicted octanol–water partition coefficient (Wildman–Crippen LogP) is 4.40. The van der Waals surface area contributed by atoms with Crippen molar-refractivity contribution < 1.29 is 19.1 Å². The lowest BCUT2D eigenvalue weighted by Crippen LogP contribution is -2.29. The van der Waals surface area contributed by atoms with Crippen molar-refractivity contribution in [3.05, 3.63) is 65.7 Å². The van der Waals surface area contributed by atoms with Crippen molar-refractivity contribution in [3.63, 3.8) is 0 Å². The van der Waals surface area contributed by atoms with Crippen LogP contribution in [0, 0.1) is 0 Å². The molecule has 1 N–H and O–H groups in total. The van der Waals surface area contributed by atoms with Gasteiger partial charge in [-0.05, 0) is 54.3 Å². The van der Waals surface area contributed by atoms with Gasteiger partial charge in [0.25, 0.3) is 5.91 Å². The number of methoxy groups -OCH3 is 1. The molecule has 0 aromatic heterocycles. The number of hydrogen-bond donors (Lipinski definition) is 1. The van der Waals surface area contributed by atoms with Crippen molar-refractivity contribution in [2.45, 2.75) is 32.8 Å². The second-order valence-corrected chi connectivity index (χ2v) is 6.45. The van der Waals surface area contributed by atoms with Crippen molar-refractivity contribution in [1.82, 2.24) is 0 Å². The molecule has 5 nitrogen and oxygen atoms in total. The summed E-state index contributed by atoms with van der Waals surface area (Å²) < 4.78 is 10.2. The topological polar surface area (TPSA) is 64.6 Å². The van der Waals surface area contributed by atoms with E-state index < -0.39 is 18.0 Å². The Balaban J connectivity index is 1.86. The normalized spacial score (nSPS) is 12.0. The molecule has 2 aromatic rings. The molecule has 2 aromatic carbocycles. The van der Waals surface area contributed by atoms with E-state index in [2.05, 4.69) is 19.2 Å². The SMILES string of the molecule is COc1ccc(NC(=O)C(C)OC(=O)C=Cc2ccc(C(C)C)cc2)cc1. The van der Waals surface area contributed by atoms with E-state index in [0.29, 0.717) is 17.4 Å². The van der Waals surface area contributed by atoms with E-state index in [9.17, 15) is 9.59 Å². The highest BCUT2D eigenvalue weighted by atomic mass is 16.5. The molecule has 0 aliphatic heterocycles. The number of benzene rings is 2. The van der Waals surface area contributed by atoms with Gasteiger partial charge < -0.3 is 14.8 Å². The fraction of sp³-hybridized carbons (Fsp3) is 0.273. The third-order valence-electron chi connectivity index (χ3n) is 4.03. The van der Waals surface area contributed by atoms with Crippen LogP contribution < -0.4 is 10.1 Å². The zero-order valence-corrected chi connectivity index (χ0v) is 16.1. The molecule has 0 radical (unpaired) electrons. The maximum absolute atomic E-state index is 12.1. The lowest BCUT2D eigenvalue weighted by Gasteiger charge is -2.12. The van der Waals surface area contributed by atoms with Gasteiger partial charge in [0.2, 0.25) is 0 Å². The Morgan fingerprint density at radius 3 is 2.15 bits per heavy atom. The number of anilines is 1. The first kappa shape index (κ1) is 20.2. The summed E-state index contributed by atoms with van der Waals surface area (Å²) in [6, 6.07) is 14.8. The third kappa shape index (κ3) is 6.29. The van der Waals surface area contributed by atoms with Gasteiger partial charge in [-0.25, -0.2) is 4.79 Å². The van der Waals surface area contributed by atoms with Gasteiger partial charge in [-0.2, -0.15) is 0 Å². The summed E-state index contributed by atoms with van der Waals surface area (Å²) >= 11 is 0. The van der Waals surface area contributed by atoms with Crippen molar-refractivity contribution >= 4 is 23.6 Å². The molecule has 1 atom stereocenters. The zero-order valence-electron chi connectivity index (χ0n) is 16.1. The first-order valence-corrected chi connectivity index (χ1v) is 8.82. The Bertz CT molecular complexity index is 792. The van der Waals surface area contributed by atoms with E-state index in [1.807, 2.05) is 24.3 Å². The molecule has 5 heteroatoms. The fourth-order valence-electron chi connectivity index (χ4n) is 2.34. The van der Waals surface area contributed by atoms with E-state index in [-0.39, 0.29) is 0 Å². The molecule has 0 saturated carbocycles. The van der Waals surface area contributed by atoms with Gasteiger partial charge in [-0.15, -0.1) is 0 Å². The highest BCUT2D eigenvalue weighted by Gasteiger charge is 2.16. The van der Waals surface area contributed by atoms with E-state index >= 15 is 0 Å². The number of hydrogen-bond acceptors (Lipinski definition) is 4. The monoisotopic (exact) mass is 367 g/mol. The molecular formula is C22H25NO4. The molecule has 0 spiro atoms. The standard InChI is InChI=1S/C22H25NO4/c1-15(2)18-8-5-17(6-9-18)7-14-21(24)27-16(3)22(25)23-19-10-12-20(26-4)13-11-19/h5-16H,1-4H3,(H,23,25). The van der Waals surface area contributed by atoms with Crippen LogP contribution in [-0.2, 0) is 14.3 Å². The first-order valence-electron chi connectivity index (χ1n) is 8.82. The van der Waals surface area contributed by atoms with Crippen LogP contribution in [0.5, 0.6) is 5.75 Å². The van der Waals surface area contributed by atoms with Crippen LogP contribution in [0.3, 0.4) is 0 Å². The molecule has 0 aliphatic rings. The van der Waals surface area contributed by atoms with Crippen LogP contribution in [0.2, 0.25) is 0 Å². The number of nitrogens with one attached hydrogen (secondary N) is 1. The summed E-state index contributed by atoms with van der Waals surface area (Å²) in [5, 5.41) is 2.69. The highest BCUT2D eigenvalue weighted by molar-refractivity contribution is 5.96. The molecule has 27 heavy (non-hydrogen) atoms. The largest absolute Gasteiger partial charge is 0.497 e. The fourth-order valence-corrected chi connectivity index (χ4v) is 2.34. The van der Waals surface area contributed by atoms with Gasteiger partial charge in [0.1, 0.15) is 5.75 Å². The van der Waals surface area contributed by atoms with Crippen molar-refractivity contribution in [2.75, 3.05) is 12.4 Å². The van der Waals surface area contributed by atoms with E-state index in [1.54, 1.807) is 37.5 Å². The second kappa shape index (κ2) is 9.57. The lowest BCUT2D eigenvalue weighted by atomic mass is 10.0. The third-order valence-corrected chi connectivity index (χ3v) is 4.03. The lowest BCUT2D eigenvalue weighted by molar-refractivity contribution is -0.148. The Hall–Kier alpha value is -3.08. The minimum absolute atomic E-state index is 0.400. The number of ether oxygens (including phenoxy) is 2. The maximum Gasteiger partial charge on any atom is 0.331 e. The number of carbonyl (C=O) groups excluding carboxylic acids is 2. The van der Waals surface area contributed by atoms with Crippen molar-refractivity contribution in [2.24, 2.45) is 0 Å². The first-order chi connectivity index (χ1) is 12.9. The Labute approximate surface area is 160 Å². The molecular weight excluding hydrogens is 342 g/mol. The zero-order chi connectivity index (χ0) is 19.8. The summed E-state index contributed by atoms with van der Waals surface area (Å²) in [6.07, 6.45) is 2.08. The molecule has 0 heterocycles. The number of rotatable bonds is 7. The van der Waals surface area contributed by atoms with Gasteiger partial charge in [0, 0.05) is 11.8 Å². The van der Waals surface area contributed by atoms with Crippen molar-refractivity contribution in [3.8, 4) is 5.75 Å². The van der Waals surface area contributed by atoms with Crippen LogP contribution in [0.15, 0.2) is 54.6 Å². The average Bonchev–Trinajstić information content (AvgIpc) is 2.67. The average molecular weight is 367 g/mol. The summed E-state index contributed by atoms with van der Waals surface area (Å²) in [5.74, 6) is 0.181. The van der Waals surface area contributed by atoms with Crippen LogP contribution in [-0.4, -0.2) is 25.1 Å². The van der Waals surface area contributed by atoms with Crippen LogP contribution >= 0.6 is 0 Å². The number of carbonyl (C=O) groups is 2. The Morgan fingerprint density at radius 2 is 1.59 bits per heavy atom. The Morgan fingerprint density at radius 1 is 0.963 bits per heavy atom. The molecule has 0 bridgehead atoms. The van der Waals surface area contributed by atoms with Crippen LogP contribution in [0.25, 0.3) is 6.08 Å². The minimum Gasteiger partial charge on any atom is -0.497 e. The van der Waals surface area contributed by atoms with Gasteiger partial charge in [0.15, 0.2) is 6.10 Å². The number of esters is 1. The summed E-state index contributed by atoms with van der Waals surface area (Å²) in [6.45, 7) is 5.78. The molecule has 0 aliphatic carbocycles. The molecule has 1 unspecified atom stereocenters. The minimum atomic E-state index is -0.910. The number of amides is 1. The van der Waals surface area contributed by atoms with E-state index in [4.69, 9.17) is 9.47 Å². The van der Waals surface area contributed by atoms with Gasteiger partial charge in [-0.3, -0.25) is 4.79 Å². The quantitative estimate of drug-likeness (QED) is 0.582. The van der Waals surface area contributed by atoms with E-state index in [1.165, 1.54) is 18.6 Å². The summed E-state index contributed by atoms with van der Waals surface area (Å²) in [7, 11) is 1.57. The maximum atomic E-state index is 12.1. The summed E-state index contributed by atoms with van der Waals surface area (Å²) in [5.41, 5.74) is 2.73. The molecule has 2 rings (SSSR count). The highest BCUT2D eigenvalue weighted by Crippen LogP contribution is 2.16. The van der Waals surface area contributed by atoms with Crippen molar-refractivity contribution in [1.29, 1.82) is 0 Å². The molecule has 0 saturated heterocycles. The van der Waals surface area contributed by atoms with E-state index in [0.717, 1.165) is 5.56 Å². The van der Waals surface area contributed by atoms with Crippen LogP contribution in [0.1, 0.15) is 37.8 Å². The molecule has 1 amide bonds. The molecule has 142 valence electrons. The molecule has 0 fully saturated rings. The Kier molecular flexibility index (Phi) is 7.17. The summed E-state index contributed by atoms with van der Waals surface area (Å²) in [4.78, 5) is 24.1. The van der Waals surface area contributed by atoms with Gasteiger partial charge >= 0.3 is 5.97 Å².